The third-order valence-corrected chi connectivity index (χ3v) is 25.5. The SMILES string of the molecule is CSCC[C@H](NC(=O)[C@H](CC(N)=O)NC(=O)[C@H](CO)NC(=O)[C@@H](NC(=O)[C@@H](NC(=O)[C@H](CO)NC(=O)[C@@H]1CCCN1C(=O)[C@@H]1CCCN1C(=O)[C@H](CCC(=O)O)NC(=O)[C@H](CC(=O)O)NC(=O)[C@@H](N)Cc1c[nH]c2ccccc12)[C@@H](C)O)C(C)C)C(=O)N[C@@H](C)C(=O)N[C@H](C(=O)N[C@H](C(=O)N[C@@H](C)C(=O)N[C@H](C(=O)N[C@@H](CC(C)C)C(=O)N[C@H](C(=O)N[C@H](C(=O)N[C@@H](CC(C)C)C(=O)O)C(C)C)C(C)C)C(C)C)C(C)C)[C@@H](C)O. The van der Waals surface area contributed by atoms with Crippen LogP contribution in [0.5, 0.6) is 0 Å². The second-order valence-corrected chi connectivity index (χ2v) is 41.0. The molecule has 1 aromatic carbocycles. The average molecular weight is 2130 g/mol. The molecule has 0 radical (unpaired) electrons. The van der Waals surface area contributed by atoms with Crippen LogP contribution in [-0.4, -0.2) is 358 Å². The monoisotopic (exact) mass is 2130 g/mol. The molecular formula is C96H154N22O30S. The van der Waals surface area contributed by atoms with Crippen LogP contribution in [0.25, 0.3) is 10.9 Å². The van der Waals surface area contributed by atoms with Crippen molar-refractivity contribution in [2.24, 2.45) is 52.9 Å². The zero-order chi connectivity index (χ0) is 113. The van der Waals surface area contributed by atoms with Gasteiger partial charge in [0.25, 0.3) is 0 Å². The predicted octanol–water partition coefficient (Wildman–Crippen LogP) is -6.53. The number of nitrogens with one attached hydrogen (secondary N) is 18. The van der Waals surface area contributed by atoms with E-state index in [4.69, 9.17) is 11.5 Å². The Kier molecular flexibility index (Phi) is 52.4. The van der Waals surface area contributed by atoms with Crippen molar-refractivity contribution in [3.8, 4) is 0 Å². The number of H-pyrrole nitrogens is 1. The van der Waals surface area contributed by atoms with Crippen LogP contribution in [0.1, 0.15) is 201 Å². The van der Waals surface area contributed by atoms with Gasteiger partial charge in [-0.2, -0.15) is 11.8 Å². The summed E-state index contributed by atoms with van der Waals surface area (Å²) in [6, 6.07) is -24.4. The number of carbonyl (C=O) groups excluding carboxylic acids is 20. The van der Waals surface area contributed by atoms with Crippen LogP contribution in [0, 0.1) is 41.4 Å². The molecule has 149 heavy (non-hydrogen) atoms. The first-order valence-electron chi connectivity index (χ1n) is 49.7. The van der Waals surface area contributed by atoms with Gasteiger partial charge in [0, 0.05) is 36.6 Å². The van der Waals surface area contributed by atoms with Crippen molar-refractivity contribution in [3.05, 3.63) is 36.0 Å². The number of thioether (sulfide) groups is 1. The second kappa shape index (κ2) is 61.0. The summed E-state index contributed by atoms with van der Waals surface area (Å²) in [5, 5.41) is 114. The Morgan fingerprint density at radius 2 is 0.745 bits per heavy atom. The molecule has 0 aliphatic carbocycles. The zero-order valence-corrected chi connectivity index (χ0v) is 88.4. The van der Waals surface area contributed by atoms with Gasteiger partial charge >= 0.3 is 17.9 Å². The Labute approximate surface area is 867 Å². The van der Waals surface area contributed by atoms with Gasteiger partial charge < -0.3 is 152 Å². The molecule has 2 fully saturated rings. The van der Waals surface area contributed by atoms with Gasteiger partial charge in [-0.05, 0) is 151 Å². The molecule has 1 aromatic heterocycles. The van der Waals surface area contributed by atoms with Crippen LogP contribution in [0.3, 0.4) is 0 Å². The lowest BCUT2D eigenvalue weighted by Crippen LogP contribution is -2.63. The fraction of sp³-hybridized carbons (Fsp3) is 0.677. The van der Waals surface area contributed by atoms with E-state index in [9.17, 15) is 146 Å². The summed E-state index contributed by atoms with van der Waals surface area (Å²) in [6.07, 6.45) is -3.31. The highest BCUT2D eigenvalue weighted by Gasteiger charge is 2.48. The number of nitrogens with two attached hydrogens (primary N) is 2. The van der Waals surface area contributed by atoms with Gasteiger partial charge in [0.05, 0.1) is 44.3 Å². The number of benzene rings is 1. The van der Waals surface area contributed by atoms with E-state index in [0.29, 0.717) is 5.56 Å². The molecule has 834 valence electrons. The topological polar surface area (TPSA) is 813 Å². The number of para-hydroxylation sites is 1. The van der Waals surface area contributed by atoms with E-state index in [1.165, 1.54) is 46.4 Å². The highest BCUT2D eigenvalue weighted by Crippen LogP contribution is 2.28. The number of fused-ring (bicyclic) bond motifs is 1. The number of rotatable bonds is 62. The van der Waals surface area contributed by atoms with Crippen LogP contribution in [0.4, 0.5) is 0 Å². The van der Waals surface area contributed by atoms with E-state index >= 15 is 0 Å². The summed E-state index contributed by atoms with van der Waals surface area (Å²) in [5.74, 6) is -28.7. The molecule has 29 N–H and O–H groups in total. The third-order valence-electron chi connectivity index (χ3n) is 24.8. The number of carbonyl (C=O) groups is 23. The fourth-order valence-corrected chi connectivity index (χ4v) is 16.9. The van der Waals surface area contributed by atoms with Gasteiger partial charge in [-0.25, -0.2) is 4.79 Å². The van der Waals surface area contributed by atoms with Crippen molar-refractivity contribution < 1.29 is 146 Å². The molecule has 2 aliphatic heterocycles. The molecule has 20 amide bonds. The van der Waals surface area contributed by atoms with Crippen molar-refractivity contribution in [1.29, 1.82) is 0 Å². The first-order valence-corrected chi connectivity index (χ1v) is 51.1. The number of likely N-dealkylation sites (tertiary alicyclic amines) is 2. The van der Waals surface area contributed by atoms with Gasteiger partial charge in [0.15, 0.2) is 0 Å². The van der Waals surface area contributed by atoms with Crippen molar-refractivity contribution in [3.63, 3.8) is 0 Å². The van der Waals surface area contributed by atoms with E-state index in [1.807, 2.05) is 0 Å². The Hall–Kier alpha value is -13.3. The van der Waals surface area contributed by atoms with Crippen LogP contribution < -0.4 is 102 Å². The summed E-state index contributed by atoms with van der Waals surface area (Å²) in [6.45, 7) is 24.6. The number of aliphatic carboxylic acids is 3. The van der Waals surface area contributed by atoms with Gasteiger partial charge in [-0.15, -0.1) is 0 Å². The highest BCUT2D eigenvalue weighted by atomic mass is 32.2. The van der Waals surface area contributed by atoms with E-state index in [2.05, 4.69) is 95.4 Å². The zero-order valence-electron chi connectivity index (χ0n) is 87.6. The van der Waals surface area contributed by atoms with Crippen molar-refractivity contribution in [1.82, 2.24) is 105 Å². The largest absolute Gasteiger partial charge is 0.481 e. The number of aliphatic hydroxyl groups excluding tert-OH is 4. The van der Waals surface area contributed by atoms with Crippen LogP contribution in [0.2, 0.25) is 0 Å². The average Bonchev–Trinajstić information content (AvgIpc) is 1.60. The maximum absolute atomic E-state index is 14.6. The lowest BCUT2D eigenvalue weighted by atomic mass is 9.97. The summed E-state index contributed by atoms with van der Waals surface area (Å²) in [5.41, 5.74) is 13.1. The number of amides is 20. The number of aromatic nitrogens is 1. The molecular weight excluding hydrogens is 1970 g/mol. The lowest BCUT2D eigenvalue weighted by molar-refractivity contribution is -0.149. The van der Waals surface area contributed by atoms with Crippen molar-refractivity contribution in [2.45, 2.75) is 335 Å². The van der Waals surface area contributed by atoms with Gasteiger partial charge in [0.2, 0.25) is 118 Å². The quantitative estimate of drug-likeness (QED) is 0.0293. The Morgan fingerprint density at radius 1 is 0.389 bits per heavy atom. The van der Waals surface area contributed by atoms with E-state index in [-0.39, 0.29) is 82.0 Å². The molecule has 22 atom stereocenters. The van der Waals surface area contributed by atoms with Gasteiger partial charge in [-0.3, -0.25) is 105 Å². The normalized spacial score (nSPS) is 17.6. The minimum Gasteiger partial charge on any atom is -0.481 e. The number of hydrogen-bond acceptors (Lipinski definition) is 29. The molecule has 3 heterocycles. The van der Waals surface area contributed by atoms with Crippen LogP contribution in [0.15, 0.2) is 30.5 Å². The fourth-order valence-electron chi connectivity index (χ4n) is 16.4. The molecule has 2 aromatic rings. The summed E-state index contributed by atoms with van der Waals surface area (Å²) < 4.78 is 0. The molecule has 0 spiro atoms. The maximum Gasteiger partial charge on any atom is 0.326 e. The summed E-state index contributed by atoms with van der Waals surface area (Å²) >= 11 is 1.19. The van der Waals surface area contributed by atoms with E-state index in [1.54, 1.807) is 106 Å². The number of primary amides is 1. The molecule has 52 nitrogen and oxygen atoms in total. The molecule has 53 heteroatoms. The minimum atomic E-state index is -2.01. The first kappa shape index (κ1) is 128. The second-order valence-electron chi connectivity index (χ2n) is 40.0. The summed E-state index contributed by atoms with van der Waals surface area (Å²) in [4.78, 5) is 321. The molecule has 4 rings (SSSR count). The number of nitrogens with zero attached hydrogens (tertiary/aromatic N) is 2. The Morgan fingerprint density at radius 3 is 1.20 bits per heavy atom. The summed E-state index contributed by atoms with van der Waals surface area (Å²) in [7, 11) is 0. The lowest BCUT2D eigenvalue weighted by Gasteiger charge is -2.33. The number of carboxylic acids is 3. The van der Waals surface area contributed by atoms with Crippen LogP contribution >= 0.6 is 11.8 Å². The van der Waals surface area contributed by atoms with E-state index in [0.717, 1.165) is 41.5 Å². The smallest absolute Gasteiger partial charge is 0.326 e. The molecule has 2 aliphatic rings. The number of hydrogen-bond donors (Lipinski definition) is 27. The van der Waals surface area contributed by atoms with Gasteiger partial charge in [0.1, 0.15) is 115 Å². The third kappa shape index (κ3) is 40.0. The van der Waals surface area contributed by atoms with Gasteiger partial charge in [-0.1, -0.05) is 115 Å². The Bertz CT molecular complexity index is 5030. The number of carboxylic acid groups (broad SMARTS) is 3. The van der Waals surface area contributed by atoms with Crippen molar-refractivity contribution in [2.75, 3.05) is 38.3 Å². The first-order chi connectivity index (χ1) is 69.6. The van der Waals surface area contributed by atoms with E-state index < -0.39 is 338 Å². The van der Waals surface area contributed by atoms with Crippen LogP contribution in [-0.2, 0) is 117 Å². The predicted molar refractivity (Wildman–Crippen MR) is 538 cm³/mol. The number of aliphatic hydroxyl groups is 4. The number of aromatic amines is 1. The highest BCUT2D eigenvalue weighted by molar-refractivity contribution is 7.98. The standard InChI is InChI=1S/C96H154N22O30S/c1-42(2)34-59(83(134)111-74(48(13)14)91(142)112-72(46(9)10)89(140)107-62(96(147)148)35-43(3)4)106-88(139)71(45(7)8)110-77(128)50(16)101-87(138)70(44(5)6)113-92(143)75(51(17)121)115-78(129)49(15)100-80(131)57(30-33-149-19)102-81(132)60(37-67(98)123)105-84(135)63(40-119)109-90(141)73(47(11)12)114-93(144)76(52(18)122)116-85(136)64(41-120)108-86(137)65-26-22-31-117(65)95(146)66-27-23-32-118(66)94(145)58(28-29-68(124)125)103-82(133)61(38-69(126)127)104-79(130)55(97)36-53-39-99-56-25-21-20-24-54(53)56/h20-21,24-25,39,42-52,55,57-66,70-76,99,119-122H,22-23,26-38,40-41,97H2,1-19H3,(H2,98,123)(H,100,131)(H,101,138)(H,102,132)(H,103,133)(H,104,130)(H,105,135)(H,106,139)(H,107,140)(H,108,137)(H,109,141)(H,110,128)(H,111,134)(H,112,142)(H,113,143)(H,114,144)(H,115,129)(H,116,136)(H,124,125)(H,126,127)(H,147,148)/t49-,50-,51+,52+,55-,57-,58-,59-,60-,61-,62-,63-,64-,65-,66-,70-,71-,72-,73-,74-,75-,76-/m0/s1. The molecule has 0 bridgehead atoms. The maximum atomic E-state index is 14.6. The minimum absolute atomic E-state index is 0.00611. The molecule has 0 unspecified atom stereocenters. The molecule has 0 saturated carbocycles. The van der Waals surface area contributed by atoms with Crippen molar-refractivity contribution >= 4 is 159 Å². The molecule has 2 saturated heterocycles. The Balaban J connectivity index is 1.40.